The Hall–Kier alpha value is -3.96. The molecule has 1 heterocycles. The van der Waals surface area contributed by atoms with Crippen molar-refractivity contribution in [2.45, 2.75) is 31.2 Å². The second kappa shape index (κ2) is 9.83. The monoisotopic (exact) mass is 523 g/mol. The number of alkyl halides is 6. The van der Waals surface area contributed by atoms with Crippen LogP contribution in [-0.2, 0) is 17.1 Å². The van der Waals surface area contributed by atoms with E-state index in [0.29, 0.717) is 41.9 Å². The fraction of sp³-hybridized carbons (Fsp3) is 0.280. The van der Waals surface area contributed by atoms with Gasteiger partial charge < -0.3 is 10.1 Å². The third-order valence-electron chi connectivity index (χ3n) is 5.83. The van der Waals surface area contributed by atoms with Gasteiger partial charge in [0.05, 0.1) is 41.2 Å². The molecule has 4 rings (SSSR count). The first-order valence-electron chi connectivity index (χ1n) is 11.0. The molecule has 194 valence electrons. The largest absolute Gasteiger partial charge is 0.465 e. The van der Waals surface area contributed by atoms with Crippen molar-refractivity contribution in [1.29, 1.82) is 0 Å². The van der Waals surface area contributed by atoms with Gasteiger partial charge in [0, 0.05) is 23.5 Å². The van der Waals surface area contributed by atoms with Crippen LogP contribution in [0, 0.1) is 5.92 Å². The highest BCUT2D eigenvalue weighted by molar-refractivity contribution is 5.95. The normalized spacial score (nSPS) is 14.7. The molecule has 1 amide bonds. The van der Waals surface area contributed by atoms with Crippen LogP contribution in [0.4, 0.5) is 26.3 Å². The molecule has 1 N–H and O–H groups in total. The van der Waals surface area contributed by atoms with Crippen molar-refractivity contribution in [1.82, 2.24) is 15.3 Å². The number of nitrogens with one attached hydrogen (secondary N) is 1. The van der Waals surface area contributed by atoms with Gasteiger partial charge in [0.1, 0.15) is 0 Å². The summed E-state index contributed by atoms with van der Waals surface area (Å²) in [5, 5.41) is 2.57. The minimum atomic E-state index is -5.08. The third-order valence-corrected chi connectivity index (χ3v) is 5.83. The van der Waals surface area contributed by atoms with Crippen molar-refractivity contribution in [3.8, 4) is 11.3 Å². The topological polar surface area (TPSA) is 81.2 Å². The standard InChI is InChI=1S/C25H19F6N3O3/c1-37-23(36)15-6-4-13(5-7-15)19-21(33-9-8-32-19)20(14-2-3-14)34-22(35)16-10-17(24(26,27)28)12-18(11-16)25(29,30)31/h4-12,14,20H,2-3H2,1H3,(H,34,35)/t20-/m1/s1. The van der Waals surface area contributed by atoms with Gasteiger partial charge in [0.15, 0.2) is 0 Å². The van der Waals surface area contributed by atoms with Gasteiger partial charge in [-0.1, -0.05) is 12.1 Å². The van der Waals surface area contributed by atoms with Crippen molar-refractivity contribution in [3.63, 3.8) is 0 Å². The Morgan fingerprint density at radius 3 is 1.97 bits per heavy atom. The summed E-state index contributed by atoms with van der Waals surface area (Å²) in [6.07, 6.45) is -6.06. The number of halogens is 6. The summed E-state index contributed by atoms with van der Waals surface area (Å²) in [5.74, 6) is -1.79. The lowest BCUT2D eigenvalue weighted by Gasteiger charge is -2.21. The van der Waals surface area contributed by atoms with E-state index in [4.69, 9.17) is 0 Å². The van der Waals surface area contributed by atoms with Crippen molar-refractivity contribution in [2.24, 2.45) is 5.92 Å². The van der Waals surface area contributed by atoms with E-state index in [0.717, 1.165) is 0 Å². The molecule has 1 aliphatic carbocycles. The number of aromatic nitrogens is 2. The van der Waals surface area contributed by atoms with Crippen LogP contribution < -0.4 is 5.32 Å². The SMILES string of the molecule is COC(=O)c1ccc(-c2nccnc2[C@H](NC(=O)c2cc(C(F)(F)F)cc(C(F)(F)F)c2)C2CC2)cc1. The molecular formula is C25H19F6N3O3. The summed E-state index contributed by atoms with van der Waals surface area (Å²) in [7, 11) is 1.24. The lowest BCUT2D eigenvalue weighted by atomic mass is 9.99. The van der Waals surface area contributed by atoms with E-state index in [1.165, 1.54) is 31.6 Å². The molecule has 0 spiro atoms. The van der Waals surface area contributed by atoms with Gasteiger partial charge in [-0.15, -0.1) is 0 Å². The Bertz CT molecular complexity index is 1290. The van der Waals surface area contributed by atoms with E-state index in [1.807, 2.05) is 0 Å². The van der Waals surface area contributed by atoms with E-state index >= 15 is 0 Å². The summed E-state index contributed by atoms with van der Waals surface area (Å²) in [6, 6.07) is 6.11. The predicted molar refractivity (Wildman–Crippen MR) is 118 cm³/mol. The first-order valence-corrected chi connectivity index (χ1v) is 11.0. The molecule has 1 aliphatic rings. The third kappa shape index (κ3) is 5.89. The Morgan fingerprint density at radius 2 is 1.46 bits per heavy atom. The molecule has 0 bridgehead atoms. The molecule has 37 heavy (non-hydrogen) atoms. The van der Waals surface area contributed by atoms with Crippen molar-refractivity contribution < 1.29 is 40.7 Å². The number of benzene rings is 2. The first-order chi connectivity index (χ1) is 17.4. The lowest BCUT2D eigenvalue weighted by Crippen LogP contribution is -2.31. The van der Waals surface area contributed by atoms with Crippen LogP contribution in [-0.4, -0.2) is 29.0 Å². The molecule has 1 saturated carbocycles. The number of esters is 1. The summed E-state index contributed by atoms with van der Waals surface area (Å²) >= 11 is 0. The molecule has 1 aromatic heterocycles. The average Bonchev–Trinajstić information content (AvgIpc) is 3.71. The molecule has 1 atom stereocenters. The fourth-order valence-corrected chi connectivity index (χ4v) is 3.83. The van der Waals surface area contributed by atoms with Crippen molar-refractivity contribution in [3.05, 3.63) is 82.8 Å². The van der Waals surface area contributed by atoms with E-state index in [-0.39, 0.29) is 17.5 Å². The number of amides is 1. The molecule has 0 aliphatic heterocycles. The second-order valence-corrected chi connectivity index (χ2v) is 8.44. The van der Waals surface area contributed by atoms with Gasteiger partial charge >= 0.3 is 18.3 Å². The molecule has 1 fully saturated rings. The van der Waals surface area contributed by atoms with Crippen LogP contribution in [0.25, 0.3) is 11.3 Å². The average molecular weight is 523 g/mol. The van der Waals surface area contributed by atoms with Gasteiger partial charge in [-0.2, -0.15) is 26.3 Å². The van der Waals surface area contributed by atoms with E-state index in [2.05, 4.69) is 20.0 Å². The van der Waals surface area contributed by atoms with Crippen molar-refractivity contribution in [2.75, 3.05) is 7.11 Å². The van der Waals surface area contributed by atoms with E-state index < -0.39 is 47.0 Å². The van der Waals surface area contributed by atoms with Gasteiger partial charge in [-0.25, -0.2) is 4.79 Å². The predicted octanol–water partition coefficient (Wildman–Crippen LogP) is 5.85. The highest BCUT2D eigenvalue weighted by atomic mass is 19.4. The van der Waals surface area contributed by atoms with Crippen LogP contribution in [0.5, 0.6) is 0 Å². The van der Waals surface area contributed by atoms with Gasteiger partial charge in [0.2, 0.25) is 0 Å². The Morgan fingerprint density at radius 1 is 0.892 bits per heavy atom. The zero-order valence-corrected chi connectivity index (χ0v) is 19.2. The van der Waals surface area contributed by atoms with Crippen LogP contribution in [0.3, 0.4) is 0 Å². The van der Waals surface area contributed by atoms with Crippen LogP contribution in [0.15, 0.2) is 54.9 Å². The lowest BCUT2D eigenvalue weighted by molar-refractivity contribution is -0.143. The minimum Gasteiger partial charge on any atom is -0.465 e. The summed E-state index contributed by atoms with van der Waals surface area (Å²) in [5.41, 5.74) is -2.48. The number of nitrogens with zero attached hydrogens (tertiary/aromatic N) is 2. The maximum absolute atomic E-state index is 13.3. The van der Waals surface area contributed by atoms with E-state index in [1.54, 1.807) is 12.1 Å². The number of methoxy groups -OCH3 is 1. The smallest absolute Gasteiger partial charge is 0.416 e. The number of rotatable bonds is 6. The van der Waals surface area contributed by atoms with Gasteiger partial charge in [-0.05, 0) is 49.1 Å². The molecule has 0 radical (unpaired) electrons. The molecule has 3 aromatic rings. The molecule has 2 aromatic carbocycles. The molecular weight excluding hydrogens is 504 g/mol. The summed E-state index contributed by atoms with van der Waals surface area (Å²) in [6.45, 7) is 0. The maximum Gasteiger partial charge on any atom is 0.416 e. The number of carbonyl (C=O) groups excluding carboxylic acids is 2. The molecule has 12 heteroatoms. The highest BCUT2D eigenvalue weighted by Crippen LogP contribution is 2.43. The summed E-state index contributed by atoms with van der Waals surface area (Å²) in [4.78, 5) is 33.3. The van der Waals surface area contributed by atoms with Gasteiger partial charge in [-0.3, -0.25) is 14.8 Å². The molecule has 0 unspecified atom stereocenters. The Kier molecular flexibility index (Phi) is 6.94. The molecule has 6 nitrogen and oxygen atoms in total. The van der Waals surface area contributed by atoms with E-state index in [9.17, 15) is 35.9 Å². The number of ether oxygens (including phenoxy) is 1. The maximum atomic E-state index is 13.3. The first kappa shape index (κ1) is 26.1. The van der Waals surface area contributed by atoms with Gasteiger partial charge in [0.25, 0.3) is 5.91 Å². The second-order valence-electron chi connectivity index (χ2n) is 8.44. The van der Waals surface area contributed by atoms with Crippen LogP contribution in [0.2, 0.25) is 0 Å². The minimum absolute atomic E-state index is 0.0338. The highest BCUT2D eigenvalue weighted by Gasteiger charge is 2.39. The number of carbonyl (C=O) groups is 2. The molecule has 0 saturated heterocycles. The Balaban J connectivity index is 1.69. The zero-order chi connectivity index (χ0) is 27.0. The number of hydrogen-bond acceptors (Lipinski definition) is 5. The van der Waals surface area contributed by atoms with Crippen LogP contribution in [0.1, 0.15) is 56.4 Å². The quantitative estimate of drug-likeness (QED) is 0.324. The van der Waals surface area contributed by atoms with Crippen molar-refractivity contribution >= 4 is 11.9 Å². The Labute approximate surface area is 206 Å². The zero-order valence-electron chi connectivity index (χ0n) is 19.2. The fourth-order valence-electron chi connectivity index (χ4n) is 3.83. The summed E-state index contributed by atoms with van der Waals surface area (Å²) < 4.78 is 84.2. The number of hydrogen-bond donors (Lipinski definition) is 1. The van der Waals surface area contributed by atoms with Crippen LogP contribution >= 0.6 is 0 Å².